The van der Waals surface area contributed by atoms with E-state index in [9.17, 15) is 4.79 Å². The average Bonchev–Trinajstić information content (AvgIpc) is 3.50. The van der Waals surface area contributed by atoms with Crippen molar-refractivity contribution in [2.24, 2.45) is 0 Å². The van der Waals surface area contributed by atoms with Crippen LogP contribution in [-0.4, -0.2) is 28.0 Å². The van der Waals surface area contributed by atoms with Crippen molar-refractivity contribution < 1.29 is 13.9 Å². The minimum absolute atomic E-state index is 0.211. The second-order valence-corrected chi connectivity index (χ2v) is 7.94. The Balaban J connectivity index is 1.51. The first-order valence-electron chi connectivity index (χ1n) is 9.87. The standard InChI is InChI=1S/C24H16Cl2N4O3/c1-32-21-15(4-2-5-18(21)26)13-10-19-23(27-12-13)30-22(29-19)16-11-14(7-8-17(16)25)28-24(31)20-6-3-9-33-20/h2-12H,1H3,(H,28,31)(H,27,29,30). The molecule has 0 aliphatic carbocycles. The van der Waals surface area contributed by atoms with Crippen LogP contribution in [0.25, 0.3) is 33.7 Å². The normalized spacial score (nSPS) is 11.0. The van der Waals surface area contributed by atoms with Gasteiger partial charge in [0, 0.05) is 28.6 Å². The molecular formula is C24H16Cl2N4O3. The van der Waals surface area contributed by atoms with Gasteiger partial charge < -0.3 is 19.5 Å². The predicted octanol–water partition coefficient (Wildman–Crippen LogP) is 6.45. The van der Waals surface area contributed by atoms with Crippen LogP contribution in [0.3, 0.4) is 0 Å². The SMILES string of the molecule is COc1c(Cl)cccc1-c1cnc2nc(-c3cc(NC(=O)c4ccco4)ccc3Cl)[nH]c2c1. The number of carbonyl (C=O) groups is 1. The van der Waals surface area contributed by atoms with Gasteiger partial charge in [-0.05, 0) is 42.5 Å². The molecule has 0 radical (unpaired) electrons. The molecule has 2 aromatic carbocycles. The molecule has 0 spiro atoms. The highest BCUT2D eigenvalue weighted by Gasteiger charge is 2.15. The van der Waals surface area contributed by atoms with Gasteiger partial charge in [0.25, 0.3) is 5.91 Å². The van der Waals surface area contributed by atoms with Gasteiger partial charge in [0.05, 0.1) is 28.9 Å². The van der Waals surface area contributed by atoms with Crippen LogP contribution in [0.5, 0.6) is 5.75 Å². The average molecular weight is 479 g/mol. The fourth-order valence-corrected chi connectivity index (χ4v) is 3.96. The van der Waals surface area contributed by atoms with Crippen molar-refractivity contribution >= 4 is 46.0 Å². The number of para-hydroxylation sites is 1. The molecule has 3 heterocycles. The topological polar surface area (TPSA) is 93.0 Å². The molecule has 2 N–H and O–H groups in total. The van der Waals surface area contributed by atoms with Crippen molar-refractivity contribution in [3.63, 3.8) is 0 Å². The van der Waals surface area contributed by atoms with Gasteiger partial charge in [-0.15, -0.1) is 0 Å². The van der Waals surface area contributed by atoms with E-state index in [1.54, 1.807) is 49.7 Å². The van der Waals surface area contributed by atoms with E-state index < -0.39 is 0 Å². The van der Waals surface area contributed by atoms with E-state index in [4.69, 9.17) is 32.4 Å². The Bertz CT molecular complexity index is 1480. The molecule has 0 atom stereocenters. The molecule has 3 aromatic heterocycles. The number of pyridine rings is 1. The van der Waals surface area contributed by atoms with Gasteiger partial charge in [0.15, 0.2) is 11.4 Å². The minimum atomic E-state index is -0.361. The van der Waals surface area contributed by atoms with Gasteiger partial charge >= 0.3 is 0 Å². The Morgan fingerprint density at radius 2 is 1.94 bits per heavy atom. The lowest BCUT2D eigenvalue weighted by Crippen LogP contribution is -2.10. The Labute approximate surface area is 198 Å². The lowest BCUT2D eigenvalue weighted by Gasteiger charge is -2.09. The summed E-state index contributed by atoms with van der Waals surface area (Å²) in [5.74, 6) is 0.943. The van der Waals surface area contributed by atoms with Crippen molar-refractivity contribution in [1.82, 2.24) is 15.0 Å². The molecule has 0 saturated carbocycles. The van der Waals surface area contributed by atoms with Crippen molar-refractivity contribution in [2.45, 2.75) is 0 Å². The third kappa shape index (κ3) is 4.04. The number of hydrogen-bond acceptors (Lipinski definition) is 5. The first kappa shape index (κ1) is 21.1. The number of aromatic amines is 1. The Morgan fingerprint density at radius 1 is 1.06 bits per heavy atom. The van der Waals surface area contributed by atoms with Crippen LogP contribution in [0.4, 0.5) is 5.69 Å². The number of benzene rings is 2. The number of halogens is 2. The molecule has 9 heteroatoms. The van der Waals surface area contributed by atoms with Crippen LogP contribution >= 0.6 is 23.2 Å². The predicted molar refractivity (Wildman–Crippen MR) is 128 cm³/mol. The first-order chi connectivity index (χ1) is 16.0. The maximum absolute atomic E-state index is 12.3. The minimum Gasteiger partial charge on any atom is -0.495 e. The molecule has 5 rings (SSSR count). The summed E-state index contributed by atoms with van der Waals surface area (Å²) in [5.41, 5.74) is 4.04. The lowest BCUT2D eigenvalue weighted by molar-refractivity contribution is 0.0996. The number of nitrogens with one attached hydrogen (secondary N) is 2. The number of imidazole rings is 1. The second kappa shape index (κ2) is 8.61. The lowest BCUT2D eigenvalue weighted by atomic mass is 10.1. The summed E-state index contributed by atoms with van der Waals surface area (Å²) in [7, 11) is 1.57. The zero-order valence-electron chi connectivity index (χ0n) is 17.2. The Kier molecular flexibility index (Phi) is 5.50. The van der Waals surface area contributed by atoms with Crippen molar-refractivity contribution in [3.8, 4) is 28.3 Å². The highest BCUT2D eigenvalue weighted by atomic mass is 35.5. The largest absolute Gasteiger partial charge is 0.495 e. The number of anilines is 1. The number of hydrogen-bond donors (Lipinski definition) is 2. The zero-order chi connectivity index (χ0) is 22.9. The summed E-state index contributed by atoms with van der Waals surface area (Å²) in [6.07, 6.45) is 3.15. The van der Waals surface area contributed by atoms with Crippen LogP contribution in [0, 0.1) is 0 Å². The van der Waals surface area contributed by atoms with Gasteiger partial charge in [-0.2, -0.15) is 0 Å². The second-order valence-electron chi connectivity index (χ2n) is 7.13. The number of methoxy groups -OCH3 is 1. The summed E-state index contributed by atoms with van der Waals surface area (Å²) >= 11 is 12.7. The fourth-order valence-electron chi connectivity index (χ4n) is 3.50. The number of aromatic nitrogens is 3. The number of fused-ring (bicyclic) bond motifs is 1. The van der Waals surface area contributed by atoms with Gasteiger partial charge in [0.1, 0.15) is 11.6 Å². The van der Waals surface area contributed by atoms with Crippen LogP contribution in [0.15, 0.2) is 71.5 Å². The summed E-state index contributed by atoms with van der Waals surface area (Å²) in [5, 5.41) is 3.78. The highest BCUT2D eigenvalue weighted by molar-refractivity contribution is 6.33. The van der Waals surface area contributed by atoms with E-state index in [0.717, 1.165) is 11.1 Å². The molecule has 7 nitrogen and oxygen atoms in total. The van der Waals surface area contributed by atoms with Crippen LogP contribution in [0.1, 0.15) is 10.6 Å². The van der Waals surface area contributed by atoms with E-state index in [2.05, 4.69) is 20.3 Å². The molecule has 0 saturated heterocycles. The third-order valence-corrected chi connectivity index (χ3v) is 5.67. The highest BCUT2D eigenvalue weighted by Crippen LogP contribution is 2.37. The molecular weight excluding hydrogens is 463 g/mol. The molecule has 0 aliphatic rings. The Morgan fingerprint density at radius 3 is 2.73 bits per heavy atom. The number of carbonyl (C=O) groups excluding carboxylic acids is 1. The van der Waals surface area contributed by atoms with Gasteiger partial charge in [-0.25, -0.2) is 9.97 Å². The van der Waals surface area contributed by atoms with E-state index in [-0.39, 0.29) is 11.7 Å². The number of nitrogens with zero attached hydrogens (tertiary/aromatic N) is 2. The third-order valence-electron chi connectivity index (χ3n) is 5.04. The van der Waals surface area contributed by atoms with E-state index in [0.29, 0.717) is 44.0 Å². The van der Waals surface area contributed by atoms with Crippen molar-refractivity contribution in [3.05, 3.63) is 82.9 Å². The molecule has 1 amide bonds. The smallest absolute Gasteiger partial charge is 0.291 e. The van der Waals surface area contributed by atoms with Gasteiger partial charge in [-0.3, -0.25) is 4.79 Å². The molecule has 0 fully saturated rings. The molecule has 33 heavy (non-hydrogen) atoms. The van der Waals surface area contributed by atoms with E-state index in [1.807, 2.05) is 18.2 Å². The van der Waals surface area contributed by atoms with Crippen LogP contribution in [0.2, 0.25) is 10.0 Å². The fraction of sp³-hybridized carbons (Fsp3) is 0.0417. The summed E-state index contributed by atoms with van der Waals surface area (Å²) in [6.45, 7) is 0. The molecule has 0 aliphatic heterocycles. The molecule has 164 valence electrons. The number of amides is 1. The molecule has 5 aromatic rings. The summed E-state index contributed by atoms with van der Waals surface area (Å²) < 4.78 is 10.6. The molecule has 0 bridgehead atoms. The number of H-pyrrole nitrogens is 1. The first-order valence-corrected chi connectivity index (χ1v) is 10.6. The Hall–Kier alpha value is -3.81. The zero-order valence-corrected chi connectivity index (χ0v) is 18.7. The maximum Gasteiger partial charge on any atom is 0.291 e. The summed E-state index contributed by atoms with van der Waals surface area (Å²) in [6, 6.07) is 15.8. The van der Waals surface area contributed by atoms with Gasteiger partial charge in [0.2, 0.25) is 0 Å². The molecule has 0 unspecified atom stereocenters. The van der Waals surface area contributed by atoms with E-state index >= 15 is 0 Å². The van der Waals surface area contributed by atoms with Gasteiger partial charge in [-0.1, -0.05) is 35.3 Å². The van der Waals surface area contributed by atoms with Crippen LogP contribution in [-0.2, 0) is 0 Å². The summed E-state index contributed by atoms with van der Waals surface area (Å²) in [4.78, 5) is 24.6. The van der Waals surface area contributed by atoms with Crippen molar-refractivity contribution in [2.75, 3.05) is 12.4 Å². The maximum atomic E-state index is 12.3. The monoisotopic (exact) mass is 478 g/mol. The quantitative estimate of drug-likeness (QED) is 0.302. The number of rotatable bonds is 5. The van der Waals surface area contributed by atoms with Crippen molar-refractivity contribution in [1.29, 1.82) is 0 Å². The number of furan rings is 1. The number of ether oxygens (including phenoxy) is 1. The van der Waals surface area contributed by atoms with Crippen LogP contribution < -0.4 is 10.1 Å². The van der Waals surface area contributed by atoms with E-state index in [1.165, 1.54) is 6.26 Å².